The van der Waals surface area contributed by atoms with Crippen LogP contribution in [0.3, 0.4) is 0 Å². The highest BCUT2D eigenvalue weighted by molar-refractivity contribution is 5.99. The molecular formula is C17H19N3O2. The molecule has 0 atom stereocenters. The Morgan fingerprint density at radius 1 is 1.23 bits per heavy atom. The second-order valence-electron chi connectivity index (χ2n) is 4.91. The third-order valence-electron chi connectivity index (χ3n) is 3.11. The predicted octanol–water partition coefficient (Wildman–Crippen LogP) is 2.50. The first-order chi connectivity index (χ1) is 10.6. The van der Waals surface area contributed by atoms with Gasteiger partial charge in [-0.3, -0.25) is 4.79 Å². The fourth-order valence-electron chi connectivity index (χ4n) is 1.87. The first kappa shape index (κ1) is 15.6. The zero-order valence-corrected chi connectivity index (χ0v) is 12.7. The smallest absolute Gasteiger partial charge is 0.277 e. The Morgan fingerprint density at radius 3 is 2.73 bits per heavy atom. The molecule has 2 aromatic carbocycles. The lowest BCUT2D eigenvalue weighted by Gasteiger charge is -2.08. The maximum absolute atomic E-state index is 11.8. The van der Waals surface area contributed by atoms with Crippen molar-refractivity contribution >= 4 is 17.3 Å². The molecule has 0 heterocycles. The molecule has 0 aliphatic rings. The van der Waals surface area contributed by atoms with Gasteiger partial charge in [0.2, 0.25) is 0 Å². The Kier molecular flexibility index (Phi) is 5.14. The number of amides is 1. The van der Waals surface area contributed by atoms with Gasteiger partial charge in [-0.25, -0.2) is 5.43 Å². The van der Waals surface area contributed by atoms with Gasteiger partial charge in [0, 0.05) is 5.69 Å². The van der Waals surface area contributed by atoms with Crippen molar-refractivity contribution in [1.29, 1.82) is 0 Å². The molecule has 0 aromatic heterocycles. The fraction of sp³-hybridized carbons (Fsp3) is 0.176. The highest BCUT2D eigenvalue weighted by Gasteiger charge is 2.04. The molecule has 3 N–H and O–H groups in total. The van der Waals surface area contributed by atoms with Gasteiger partial charge in [-0.1, -0.05) is 30.3 Å². The molecule has 0 aliphatic carbocycles. The van der Waals surface area contributed by atoms with Gasteiger partial charge >= 0.3 is 0 Å². The normalized spacial score (nSPS) is 11.1. The van der Waals surface area contributed by atoms with E-state index in [1.807, 2.05) is 43.3 Å². The average molecular weight is 297 g/mol. The van der Waals surface area contributed by atoms with E-state index in [2.05, 4.69) is 10.5 Å². The van der Waals surface area contributed by atoms with Crippen LogP contribution in [0.25, 0.3) is 0 Å². The number of para-hydroxylation sites is 1. The summed E-state index contributed by atoms with van der Waals surface area (Å²) in [5, 5.41) is 4.05. The summed E-state index contributed by atoms with van der Waals surface area (Å²) in [5.41, 5.74) is 11.4. The van der Waals surface area contributed by atoms with Crippen LogP contribution in [0.5, 0.6) is 5.75 Å². The van der Waals surface area contributed by atoms with E-state index < -0.39 is 0 Å². The second-order valence-corrected chi connectivity index (χ2v) is 4.91. The SMILES string of the molecule is CC(=NNC(=O)COc1ccccc1C)c1cccc(N)c1. The molecule has 22 heavy (non-hydrogen) atoms. The van der Waals surface area contributed by atoms with Crippen LogP contribution in [0.15, 0.2) is 53.6 Å². The molecule has 2 rings (SSSR count). The molecule has 0 unspecified atom stereocenters. The molecule has 0 aliphatic heterocycles. The lowest BCUT2D eigenvalue weighted by molar-refractivity contribution is -0.123. The molecule has 5 heteroatoms. The van der Waals surface area contributed by atoms with Crippen LogP contribution in [0.2, 0.25) is 0 Å². The van der Waals surface area contributed by atoms with Crippen LogP contribution >= 0.6 is 0 Å². The van der Waals surface area contributed by atoms with Crippen molar-refractivity contribution in [2.75, 3.05) is 12.3 Å². The molecule has 0 bridgehead atoms. The van der Waals surface area contributed by atoms with Crippen LogP contribution < -0.4 is 15.9 Å². The van der Waals surface area contributed by atoms with Gasteiger partial charge in [0.1, 0.15) is 5.75 Å². The minimum absolute atomic E-state index is 0.0848. The minimum atomic E-state index is -0.313. The van der Waals surface area contributed by atoms with Crippen LogP contribution in [0.4, 0.5) is 5.69 Å². The quantitative estimate of drug-likeness (QED) is 0.506. The van der Waals surface area contributed by atoms with E-state index in [1.54, 1.807) is 19.1 Å². The summed E-state index contributed by atoms with van der Waals surface area (Å²) in [6.07, 6.45) is 0. The third-order valence-corrected chi connectivity index (χ3v) is 3.11. The monoisotopic (exact) mass is 297 g/mol. The summed E-state index contributed by atoms with van der Waals surface area (Å²) >= 11 is 0. The number of hydrogen-bond donors (Lipinski definition) is 2. The molecule has 0 fully saturated rings. The number of rotatable bonds is 5. The highest BCUT2D eigenvalue weighted by atomic mass is 16.5. The van der Waals surface area contributed by atoms with Crippen LogP contribution in [-0.2, 0) is 4.79 Å². The Balaban J connectivity index is 1.90. The number of nitrogen functional groups attached to an aromatic ring is 1. The van der Waals surface area contributed by atoms with Gasteiger partial charge in [-0.2, -0.15) is 5.10 Å². The lowest BCUT2D eigenvalue weighted by atomic mass is 10.1. The van der Waals surface area contributed by atoms with Crippen molar-refractivity contribution in [2.24, 2.45) is 5.10 Å². The molecule has 5 nitrogen and oxygen atoms in total. The third kappa shape index (κ3) is 4.34. The van der Waals surface area contributed by atoms with Crippen molar-refractivity contribution in [3.63, 3.8) is 0 Å². The zero-order valence-electron chi connectivity index (χ0n) is 12.7. The summed E-state index contributed by atoms with van der Waals surface area (Å²) < 4.78 is 5.45. The molecule has 2 aromatic rings. The molecule has 1 amide bonds. The van der Waals surface area contributed by atoms with E-state index >= 15 is 0 Å². The Bertz CT molecular complexity index is 696. The summed E-state index contributed by atoms with van der Waals surface area (Å²) in [5.74, 6) is 0.376. The van der Waals surface area contributed by atoms with Crippen molar-refractivity contribution in [3.8, 4) is 5.75 Å². The molecule has 0 radical (unpaired) electrons. The van der Waals surface area contributed by atoms with E-state index in [4.69, 9.17) is 10.5 Å². The van der Waals surface area contributed by atoms with Crippen LogP contribution in [0, 0.1) is 6.92 Å². The number of carbonyl (C=O) groups excluding carboxylic acids is 1. The lowest BCUT2D eigenvalue weighted by Crippen LogP contribution is -2.25. The highest BCUT2D eigenvalue weighted by Crippen LogP contribution is 2.15. The second kappa shape index (κ2) is 7.26. The van der Waals surface area contributed by atoms with E-state index in [0.29, 0.717) is 17.1 Å². The summed E-state index contributed by atoms with van der Waals surface area (Å²) in [6.45, 7) is 3.64. The molecule has 0 spiro atoms. The van der Waals surface area contributed by atoms with Gasteiger partial charge in [-0.05, 0) is 43.2 Å². The van der Waals surface area contributed by atoms with Crippen molar-refractivity contribution in [3.05, 3.63) is 59.7 Å². The maximum Gasteiger partial charge on any atom is 0.277 e. The Hall–Kier alpha value is -2.82. The predicted molar refractivity (Wildman–Crippen MR) is 87.9 cm³/mol. The van der Waals surface area contributed by atoms with E-state index in [-0.39, 0.29) is 12.5 Å². The molecule has 0 saturated heterocycles. The van der Waals surface area contributed by atoms with Crippen LogP contribution in [-0.4, -0.2) is 18.2 Å². The number of anilines is 1. The van der Waals surface area contributed by atoms with Crippen molar-refractivity contribution in [2.45, 2.75) is 13.8 Å². The number of aryl methyl sites for hydroxylation is 1. The minimum Gasteiger partial charge on any atom is -0.483 e. The number of nitrogens with two attached hydrogens (primary N) is 1. The van der Waals surface area contributed by atoms with Gasteiger partial charge in [0.15, 0.2) is 6.61 Å². The van der Waals surface area contributed by atoms with E-state index in [0.717, 1.165) is 11.1 Å². The zero-order chi connectivity index (χ0) is 15.9. The average Bonchev–Trinajstić information content (AvgIpc) is 2.52. The number of nitrogens with zero attached hydrogens (tertiary/aromatic N) is 1. The van der Waals surface area contributed by atoms with Gasteiger partial charge in [-0.15, -0.1) is 0 Å². The van der Waals surface area contributed by atoms with Crippen molar-refractivity contribution in [1.82, 2.24) is 5.43 Å². The largest absolute Gasteiger partial charge is 0.483 e. The molecule has 0 saturated carbocycles. The number of hydrazone groups is 1. The van der Waals surface area contributed by atoms with Gasteiger partial charge in [0.05, 0.1) is 5.71 Å². The topological polar surface area (TPSA) is 76.7 Å². The molecule has 114 valence electrons. The summed E-state index contributed by atoms with van der Waals surface area (Å²) in [7, 11) is 0. The van der Waals surface area contributed by atoms with Crippen LogP contribution in [0.1, 0.15) is 18.1 Å². The van der Waals surface area contributed by atoms with Gasteiger partial charge in [0.25, 0.3) is 5.91 Å². The number of nitrogens with one attached hydrogen (secondary N) is 1. The number of carbonyl (C=O) groups is 1. The van der Waals surface area contributed by atoms with Crippen molar-refractivity contribution < 1.29 is 9.53 Å². The molecular weight excluding hydrogens is 278 g/mol. The summed E-state index contributed by atoms with van der Waals surface area (Å²) in [6, 6.07) is 14.8. The van der Waals surface area contributed by atoms with E-state index in [1.165, 1.54) is 0 Å². The fourth-order valence-corrected chi connectivity index (χ4v) is 1.87. The number of benzene rings is 2. The Morgan fingerprint density at radius 2 is 2.00 bits per heavy atom. The Labute approximate surface area is 129 Å². The summed E-state index contributed by atoms with van der Waals surface area (Å²) in [4.78, 5) is 11.8. The number of ether oxygens (including phenoxy) is 1. The van der Waals surface area contributed by atoms with Gasteiger partial charge < -0.3 is 10.5 Å². The first-order valence-corrected chi connectivity index (χ1v) is 6.94. The van der Waals surface area contributed by atoms with E-state index in [9.17, 15) is 4.79 Å². The standard InChI is InChI=1S/C17H19N3O2/c1-12-6-3-4-9-16(12)22-11-17(21)20-19-13(2)14-7-5-8-15(18)10-14/h3-10H,11,18H2,1-2H3,(H,20,21). The first-order valence-electron chi connectivity index (χ1n) is 6.94. The number of hydrogen-bond acceptors (Lipinski definition) is 4. The maximum atomic E-state index is 11.8.